The lowest BCUT2D eigenvalue weighted by Crippen LogP contribution is -2.14. The molecular formula is C12H14N2O5S. The van der Waals surface area contributed by atoms with Gasteiger partial charge in [-0.25, -0.2) is 8.42 Å². The van der Waals surface area contributed by atoms with Gasteiger partial charge in [0.15, 0.2) is 5.82 Å². The highest BCUT2D eigenvalue weighted by Gasteiger charge is 2.21. The van der Waals surface area contributed by atoms with Gasteiger partial charge in [-0.1, -0.05) is 5.16 Å². The van der Waals surface area contributed by atoms with E-state index in [2.05, 4.69) is 9.88 Å². The third-order valence-corrected chi connectivity index (χ3v) is 3.92. The summed E-state index contributed by atoms with van der Waals surface area (Å²) in [5, 5.41) is 3.58. The summed E-state index contributed by atoms with van der Waals surface area (Å²) in [4.78, 5) is -0.0125. The maximum absolute atomic E-state index is 12.3. The SMILES string of the molecule is COc1ccc(S(=O)(=O)Nc2cc(C)on2)c(OC)c1. The summed E-state index contributed by atoms with van der Waals surface area (Å²) >= 11 is 0. The molecule has 0 aliphatic carbocycles. The molecule has 0 amide bonds. The van der Waals surface area contributed by atoms with E-state index in [1.165, 1.54) is 38.5 Å². The van der Waals surface area contributed by atoms with Gasteiger partial charge in [-0.2, -0.15) is 0 Å². The highest BCUT2D eigenvalue weighted by Crippen LogP contribution is 2.29. The van der Waals surface area contributed by atoms with Gasteiger partial charge in [0.05, 0.1) is 14.2 Å². The van der Waals surface area contributed by atoms with E-state index >= 15 is 0 Å². The van der Waals surface area contributed by atoms with Crippen LogP contribution in [0.5, 0.6) is 11.5 Å². The number of aryl methyl sites for hydroxylation is 1. The predicted molar refractivity (Wildman–Crippen MR) is 71.6 cm³/mol. The zero-order valence-electron chi connectivity index (χ0n) is 11.2. The van der Waals surface area contributed by atoms with Crippen LogP contribution >= 0.6 is 0 Å². The number of ether oxygens (including phenoxy) is 2. The normalized spacial score (nSPS) is 11.2. The van der Waals surface area contributed by atoms with E-state index in [9.17, 15) is 8.42 Å². The minimum Gasteiger partial charge on any atom is -0.497 e. The molecule has 0 saturated carbocycles. The number of anilines is 1. The largest absolute Gasteiger partial charge is 0.497 e. The zero-order chi connectivity index (χ0) is 14.8. The van der Waals surface area contributed by atoms with E-state index in [-0.39, 0.29) is 16.5 Å². The van der Waals surface area contributed by atoms with Crippen molar-refractivity contribution in [3.63, 3.8) is 0 Å². The fraction of sp³-hybridized carbons (Fsp3) is 0.250. The second-order valence-corrected chi connectivity index (χ2v) is 5.60. The van der Waals surface area contributed by atoms with Crippen molar-refractivity contribution in [2.24, 2.45) is 0 Å². The smallest absolute Gasteiger partial charge is 0.266 e. The fourth-order valence-electron chi connectivity index (χ4n) is 1.60. The molecule has 1 heterocycles. The minimum atomic E-state index is -3.82. The van der Waals surface area contributed by atoms with E-state index in [4.69, 9.17) is 14.0 Å². The summed E-state index contributed by atoms with van der Waals surface area (Å²) in [7, 11) is -0.952. The van der Waals surface area contributed by atoms with Crippen LogP contribution in [0.4, 0.5) is 5.82 Å². The van der Waals surface area contributed by atoms with Crippen molar-refractivity contribution in [2.75, 3.05) is 18.9 Å². The summed E-state index contributed by atoms with van der Waals surface area (Å²) < 4.78 is 41.8. The van der Waals surface area contributed by atoms with Crippen molar-refractivity contribution < 1.29 is 22.4 Å². The van der Waals surface area contributed by atoms with Crippen LogP contribution in [-0.4, -0.2) is 27.8 Å². The molecule has 0 aliphatic rings. The molecule has 0 radical (unpaired) electrons. The molecule has 0 bridgehead atoms. The molecule has 0 saturated heterocycles. The first-order valence-electron chi connectivity index (χ1n) is 5.64. The second-order valence-electron chi connectivity index (χ2n) is 3.95. The van der Waals surface area contributed by atoms with Gasteiger partial charge < -0.3 is 14.0 Å². The van der Waals surface area contributed by atoms with Crippen molar-refractivity contribution in [1.29, 1.82) is 0 Å². The molecular weight excluding hydrogens is 284 g/mol. The second kappa shape index (κ2) is 5.41. The Morgan fingerprint density at radius 2 is 1.95 bits per heavy atom. The first-order valence-corrected chi connectivity index (χ1v) is 7.13. The molecule has 0 aliphatic heterocycles. The van der Waals surface area contributed by atoms with Gasteiger partial charge in [-0.15, -0.1) is 0 Å². The molecule has 1 aromatic heterocycles. The lowest BCUT2D eigenvalue weighted by molar-refractivity contribution is 0.386. The van der Waals surface area contributed by atoms with E-state index in [1.54, 1.807) is 6.92 Å². The van der Waals surface area contributed by atoms with Crippen molar-refractivity contribution in [2.45, 2.75) is 11.8 Å². The van der Waals surface area contributed by atoms with Crippen LogP contribution in [0.15, 0.2) is 33.7 Å². The van der Waals surface area contributed by atoms with Crippen molar-refractivity contribution in [1.82, 2.24) is 5.16 Å². The first-order chi connectivity index (χ1) is 9.46. The summed E-state index contributed by atoms with van der Waals surface area (Å²) in [6, 6.07) is 5.90. The third-order valence-electron chi connectivity index (χ3n) is 2.53. The van der Waals surface area contributed by atoms with E-state index in [0.717, 1.165) is 0 Å². The molecule has 8 heteroatoms. The summed E-state index contributed by atoms with van der Waals surface area (Å²) in [6.45, 7) is 1.67. The minimum absolute atomic E-state index is 0.0125. The molecule has 2 aromatic rings. The number of aromatic nitrogens is 1. The Morgan fingerprint density at radius 3 is 2.50 bits per heavy atom. The number of benzene rings is 1. The van der Waals surface area contributed by atoms with Gasteiger partial charge in [0.25, 0.3) is 10.0 Å². The molecule has 0 fully saturated rings. The maximum Gasteiger partial charge on any atom is 0.266 e. The Bertz CT molecular complexity index is 708. The molecule has 2 rings (SSSR count). The fourth-order valence-corrected chi connectivity index (χ4v) is 2.74. The van der Waals surface area contributed by atoms with Crippen LogP contribution < -0.4 is 14.2 Å². The highest BCUT2D eigenvalue weighted by atomic mass is 32.2. The number of sulfonamides is 1. The maximum atomic E-state index is 12.3. The molecule has 1 N–H and O–H groups in total. The molecule has 0 atom stereocenters. The Morgan fingerprint density at radius 1 is 1.20 bits per heavy atom. The highest BCUT2D eigenvalue weighted by molar-refractivity contribution is 7.92. The standard InChI is InChI=1S/C12H14N2O5S/c1-8-6-12(13-19-8)14-20(15,16)11-5-4-9(17-2)7-10(11)18-3/h4-7H,1-3H3,(H,13,14). The Kier molecular flexibility index (Phi) is 3.84. The average Bonchev–Trinajstić information content (AvgIpc) is 2.82. The number of methoxy groups -OCH3 is 2. The first kappa shape index (κ1) is 14.2. The Hall–Kier alpha value is -2.22. The molecule has 1 aromatic carbocycles. The third kappa shape index (κ3) is 2.85. The number of hydrogen-bond acceptors (Lipinski definition) is 6. The molecule has 108 valence electrons. The predicted octanol–water partition coefficient (Wildman–Crippen LogP) is 1.80. The van der Waals surface area contributed by atoms with Crippen LogP contribution in [0.3, 0.4) is 0 Å². The lowest BCUT2D eigenvalue weighted by atomic mass is 10.3. The lowest BCUT2D eigenvalue weighted by Gasteiger charge is -2.11. The molecule has 7 nitrogen and oxygen atoms in total. The van der Waals surface area contributed by atoms with Crippen LogP contribution in [0.2, 0.25) is 0 Å². The van der Waals surface area contributed by atoms with Gasteiger partial charge in [0.1, 0.15) is 22.2 Å². The number of hydrogen-bond donors (Lipinski definition) is 1. The molecule has 0 spiro atoms. The van der Waals surface area contributed by atoms with Gasteiger partial charge in [-0.3, -0.25) is 4.72 Å². The number of nitrogens with zero attached hydrogens (tertiary/aromatic N) is 1. The monoisotopic (exact) mass is 298 g/mol. The topological polar surface area (TPSA) is 90.7 Å². The number of rotatable bonds is 5. The number of nitrogens with one attached hydrogen (secondary N) is 1. The van der Waals surface area contributed by atoms with Gasteiger partial charge in [0.2, 0.25) is 0 Å². The van der Waals surface area contributed by atoms with Crippen LogP contribution in [0, 0.1) is 6.92 Å². The average molecular weight is 298 g/mol. The van der Waals surface area contributed by atoms with Crippen LogP contribution in [0.25, 0.3) is 0 Å². The Labute approximate surface area is 116 Å². The van der Waals surface area contributed by atoms with Gasteiger partial charge >= 0.3 is 0 Å². The van der Waals surface area contributed by atoms with E-state index in [0.29, 0.717) is 11.5 Å². The summed E-state index contributed by atoms with van der Waals surface area (Å²) in [5.74, 6) is 1.29. The van der Waals surface area contributed by atoms with E-state index < -0.39 is 10.0 Å². The van der Waals surface area contributed by atoms with Crippen LogP contribution in [-0.2, 0) is 10.0 Å². The zero-order valence-corrected chi connectivity index (χ0v) is 12.0. The summed E-state index contributed by atoms with van der Waals surface area (Å²) in [6.07, 6.45) is 0. The Balaban J connectivity index is 2.38. The van der Waals surface area contributed by atoms with Crippen molar-refractivity contribution in [3.05, 3.63) is 30.0 Å². The molecule has 0 unspecified atom stereocenters. The van der Waals surface area contributed by atoms with Gasteiger partial charge in [0, 0.05) is 12.1 Å². The van der Waals surface area contributed by atoms with Crippen LogP contribution in [0.1, 0.15) is 5.76 Å². The quantitative estimate of drug-likeness (QED) is 0.905. The van der Waals surface area contributed by atoms with Crippen molar-refractivity contribution in [3.8, 4) is 11.5 Å². The van der Waals surface area contributed by atoms with Gasteiger partial charge in [-0.05, 0) is 19.1 Å². The molecule has 20 heavy (non-hydrogen) atoms. The van der Waals surface area contributed by atoms with E-state index in [1.807, 2.05) is 0 Å². The summed E-state index contributed by atoms with van der Waals surface area (Å²) in [5.41, 5.74) is 0. The van der Waals surface area contributed by atoms with Crippen molar-refractivity contribution >= 4 is 15.8 Å².